The van der Waals surface area contributed by atoms with E-state index >= 15 is 0 Å². The minimum atomic E-state index is -0.530. The number of hydrogen-bond acceptors (Lipinski definition) is 2. The number of carbonyl (C=O) groups excluding carboxylic acids is 1. The summed E-state index contributed by atoms with van der Waals surface area (Å²) in [6.45, 7) is 0. The van der Waals surface area contributed by atoms with Crippen LogP contribution in [-0.2, 0) is 9.53 Å². The van der Waals surface area contributed by atoms with E-state index in [1.807, 2.05) is 0 Å². The van der Waals surface area contributed by atoms with Crippen molar-refractivity contribution in [3.05, 3.63) is 60.7 Å². The van der Waals surface area contributed by atoms with E-state index in [1.54, 1.807) is 0 Å². The van der Waals surface area contributed by atoms with E-state index in [1.165, 1.54) is 17.7 Å². The van der Waals surface area contributed by atoms with Gasteiger partial charge < -0.3 is 4.74 Å². The summed E-state index contributed by atoms with van der Waals surface area (Å²) < 4.78 is 5.06. The van der Waals surface area contributed by atoms with Gasteiger partial charge in [0.2, 0.25) is 0 Å². The van der Waals surface area contributed by atoms with Crippen molar-refractivity contribution in [3.8, 4) is 0 Å². The summed E-state index contributed by atoms with van der Waals surface area (Å²) >= 11 is 0. The zero-order valence-electron chi connectivity index (χ0n) is 12.8. The summed E-state index contributed by atoms with van der Waals surface area (Å²) in [5.41, 5.74) is 0.382. The highest BCUT2D eigenvalue weighted by Gasteiger charge is 2.39. The molecular formula is C19H21O2P. The normalized spacial score (nSPS) is 21.0. The van der Waals surface area contributed by atoms with Crippen LogP contribution in [0.3, 0.4) is 0 Å². The maximum absolute atomic E-state index is 12.2. The van der Waals surface area contributed by atoms with Gasteiger partial charge in [-0.2, -0.15) is 0 Å². The van der Waals surface area contributed by atoms with Crippen LogP contribution in [0, 0.1) is 5.92 Å². The van der Waals surface area contributed by atoms with Crippen LogP contribution in [0.1, 0.15) is 19.3 Å². The van der Waals surface area contributed by atoms with Gasteiger partial charge in [-0.3, -0.25) is 4.79 Å². The minimum Gasteiger partial charge on any atom is -0.469 e. The Hall–Kier alpha value is -1.66. The lowest BCUT2D eigenvalue weighted by Gasteiger charge is -2.29. The van der Waals surface area contributed by atoms with Gasteiger partial charge in [-0.05, 0) is 31.4 Å². The predicted molar refractivity (Wildman–Crippen MR) is 92.2 cm³/mol. The Morgan fingerprint density at radius 1 is 0.955 bits per heavy atom. The summed E-state index contributed by atoms with van der Waals surface area (Å²) in [6, 6.07) is 21.3. The zero-order chi connectivity index (χ0) is 15.4. The Kier molecular flexibility index (Phi) is 4.90. The number of esters is 1. The maximum atomic E-state index is 12.2. The Morgan fingerprint density at radius 3 is 2.00 bits per heavy atom. The molecule has 0 heterocycles. The molecule has 0 bridgehead atoms. The quantitative estimate of drug-likeness (QED) is 0.638. The average Bonchev–Trinajstić information content (AvgIpc) is 3.06. The summed E-state index contributed by atoms with van der Waals surface area (Å²) in [4.78, 5) is 12.2. The highest BCUT2D eigenvalue weighted by atomic mass is 31.1. The van der Waals surface area contributed by atoms with Crippen LogP contribution in [-0.4, -0.2) is 18.7 Å². The van der Waals surface area contributed by atoms with E-state index < -0.39 is 7.92 Å². The van der Waals surface area contributed by atoms with Crippen LogP contribution in [0.25, 0.3) is 0 Å². The van der Waals surface area contributed by atoms with Crippen LogP contribution >= 0.6 is 7.92 Å². The Morgan fingerprint density at radius 2 is 1.50 bits per heavy atom. The first kappa shape index (κ1) is 15.2. The van der Waals surface area contributed by atoms with Gasteiger partial charge >= 0.3 is 5.97 Å². The average molecular weight is 312 g/mol. The number of carbonyl (C=O) groups is 1. The fraction of sp³-hybridized carbons (Fsp3) is 0.316. The number of rotatable bonds is 4. The Bertz CT molecular complexity index is 572. The molecule has 3 heteroatoms. The Balaban J connectivity index is 2.00. The van der Waals surface area contributed by atoms with Crippen LogP contribution in [0.4, 0.5) is 0 Å². The first-order valence-corrected chi connectivity index (χ1v) is 9.19. The first-order chi connectivity index (χ1) is 10.8. The number of methoxy groups -OCH3 is 1. The molecule has 0 radical (unpaired) electrons. The second-order valence-electron chi connectivity index (χ2n) is 5.67. The number of hydrogen-bond donors (Lipinski definition) is 0. The molecule has 1 fully saturated rings. The predicted octanol–water partition coefficient (Wildman–Crippen LogP) is 3.46. The lowest BCUT2D eigenvalue weighted by Crippen LogP contribution is -2.29. The highest BCUT2D eigenvalue weighted by Crippen LogP contribution is 2.50. The van der Waals surface area contributed by atoms with Gasteiger partial charge in [0.1, 0.15) is 0 Å². The summed E-state index contributed by atoms with van der Waals surface area (Å²) in [6.07, 6.45) is 3.17. The molecule has 1 aliphatic carbocycles. The largest absolute Gasteiger partial charge is 0.469 e. The third-order valence-corrected chi connectivity index (χ3v) is 7.37. The van der Waals surface area contributed by atoms with Crippen molar-refractivity contribution in [2.24, 2.45) is 5.92 Å². The third-order valence-electron chi connectivity index (χ3n) is 4.38. The molecule has 114 valence electrons. The molecule has 0 spiro atoms. The van der Waals surface area contributed by atoms with Crippen molar-refractivity contribution in [3.63, 3.8) is 0 Å². The molecular weight excluding hydrogens is 291 g/mol. The summed E-state index contributed by atoms with van der Waals surface area (Å²) in [5, 5.41) is 2.70. The molecule has 0 saturated heterocycles. The van der Waals surface area contributed by atoms with Gasteiger partial charge in [0.15, 0.2) is 0 Å². The molecule has 1 unspecified atom stereocenters. The molecule has 2 aromatic rings. The standard InChI is InChI=1S/C19H21O2P/c1-21-19(20)17-13-8-14-18(17)22(15-9-4-2-5-10-15)16-11-6-3-7-12-16/h2-7,9-12,17-18H,8,13-14H2,1H3/t17?,18-/m0/s1. The van der Waals surface area contributed by atoms with Crippen molar-refractivity contribution in [1.29, 1.82) is 0 Å². The number of benzene rings is 2. The highest BCUT2D eigenvalue weighted by molar-refractivity contribution is 7.73. The van der Waals surface area contributed by atoms with Crippen molar-refractivity contribution in [1.82, 2.24) is 0 Å². The zero-order valence-corrected chi connectivity index (χ0v) is 13.7. The van der Waals surface area contributed by atoms with Crippen LogP contribution in [0.5, 0.6) is 0 Å². The second kappa shape index (κ2) is 7.07. The molecule has 1 saturated carbocycles. The molecule has 0 amide bonds. The molecule has 1 aliphatic rings. The lowest BCUT2D eigenvalue weighted by molar-refractivity contribution is -0.145. The van der Waals surface area contributed by atoms with Crippen LogP contribution in [0.15, 0.2) is 60.7 Å². The van der Waals surface area contributed by atoms with Crippen molar-refractivity contribution in [2.45, 2.75) is 24.9 Å². The molecule has 0 aliphatic heterocycles. The van der Waals surface area contributed by atoms with E-state index in [9.17, 15) is 4.79 Å². The fourth-order valence-electron chi connectivity index (χ4n) is 3.39. The SMILES string of the molecule is COC(=O)C1CCC[C@@H]1P(c1ccccc1)c1ccccc1. The molecule has 0 aromatic heterocycles. The van der Waals surface area contributed by atoms with E-state index in [0.717, 1.165) is 19.3 Å². The molecule has 2 nitrogen and oxygen atoms in total. The molecule has 2 atom stereocenters. The third kappa shape index (κ3) is 3.08. The van der Waals surface area contributed by atoms with Crippen molar-refractivity contribution in [2.75, 3.05) is 7.11 Å². The lowest BCUT2D eigenvalue weighted by atomic mass is 10.1. The molecule has 3 rings (SSSR count). The van der Waals surface area contributed by atoms with Gasteiger partial charge in [-0.1, -0.05) is 67.1 Å². The van der Waals surface area contributed by atoms with Gasteiger partial charge in [0.25, 0.3) is 0 Å². The topological polar surface area (TPSA) is 26.3 Å². The van der Waals surface area contributed by atoms with E-state index in [0.29, 0.717) is 5.66 Å². The smallest absolute Gasteiger partial charge is 0.309 e. The maximum Gasteiger partial charge on any atom is 0.309 e. The van der Waals surface area contributed by atoms with Gasteiger partial charge in [0, 0.05) is 5.66 Å². The van der Waals surface area contributed by atoms with Gasteiger partial charge in [-0.15, -0.1) is 0 Å². The van der Waals surface area contributed by atoms with E-state index in [-0.39, 0.29) is 11.9 Å². The fourth-order valence-corrected chi connectivity index (χ4v) is 6.51. The minimum absolute atomic E-state index is 0.0384. The summed E-state index contributed by atoms with van der Waals surface area (Å²) in [5.74, 6) is -0.00149. The Labute approximate surface area is 133 Å². The van der Waals surface area contributed by atoms with Crippen LogP contribution < -0.4 is 10.6 Å². The van der Waals surface area contributed by atoms with Crippen LogP contribution in [0.2, 0.25) is 0 Å². The monoisotopic (exact) mass is 312 g/mol. The van der Waals surface area contributed by atoms with Crippen molar-refractivity contribution < 1.29 is 9.53 Å². The molecule has 22 heavy (non-hydrogen) atoms. The number of ether oxygens (including phenoxy) is 1. The van der Waals surface area contributed by atoms with Gasteiger partial charge in [0.05, 0.1) is 13.0 Å². The second-order valence-corrected chi connectivity index (χ2v) is 8.11. The summed E-state index contributed by atoms with van der Waals surface area (Å²) in [7, 11) is 0.975. The molecule has 2 aromatic carbocycles. The molecule has 0 N–H and O–H groups in total. The van der Waals surface area contributed by atoms with E-state index in [4.69, 9.17) is 4.74 Å². The van der Waals surface area contributed by atoms with Crippen molar-refractivity contribution >= 4 is 24.5 Å². The first-order valence-electron chi connectivity index (χ1n) is 7.78. The van der Waals surface area contributed by atoms with Gasteiger partial charge in [-0.25, -0.2) is 0 Å². The van der Waals surface area contributed by atoms with E-state index in [2.05, 4.69) is 60.7 Å².